The third kappa shape index (κ3) is 4.25. The van der Waals surface area contributed by atoms with Crippen LogP contribution in [0, 0.1) is 5.82 Å². The van der Waals surface area contributed by atoms with Crippen molar-refractivity contribution in [1.82, 2.24) is 9.97 Å². The van der Waals surface area contributed by atoms with Gasteiger partial charge in [-0.15, -0.1) is 0 Å². The average Bonchev–Trinajstić information content (AvgIpc) is 2.45. The van der Waals surface area contributed by atoms with Crippen molar-refractivity contribution in [2.45, 2.75) is 18.3 Å². The van der Waals surface area contributed by atoms with E-state index in [1.807, 2.05) is 0 Å². The molecule has 2 atom stereocenters. The Bertz CT molecular complexity index is 812. The molecule has 4 nitrogen and oxygen atoms in total. The highest BCUT2D eigenvalue weighted by atomic mass is 32.2. The fraction of sp³-hybridized carbons (Fsp3) is 0.286. The molecule has 2 aromatic rings. The molecule has 0 N–H and O–H groups in total. The highest BCUT2D eigenvalue weighted by Gasteiger charge is 2.32. The summed E-state index contributed by atoms with van der Waals surface area (Å²) >= 11 is 0. The van der Waals surface area contributed by atoms with Crippen molar-refractivity contribution in [3.05, 3.63) is 53.7 Å². The van der Waals surface area contributed by atoms with Crippen LogP contribution in [0.5, 0.6) is 0 Å². The number of halogens is 4. The Morgan fingerprint density at radius 1 is 1.22 bits per heavy atom. The molecule has 0 bridgehead atoms. The van der Waals surface area contributed by atoms with Gasteiger partial charge in [0, 0.05) is 24.7 Å². The second-order valence-corrected chi connectivity index (χ2v) is 7.51. The second kappa shape index (κ2) is 6.23. The number of rotatable bonds is 3. The number of nitrogens with zero attached hydrogens (tertiary/aromatic N) is 3. The Hall–Kier alpha value is -2.03. The van der Waals surface area contributed by atoms with Crippen LogP contribution in [0.25, 0.3) is 0 Å². The maximum absolute atomic E-state index is 13.1. The summed E-state index contributed by atoms with van der Waals surface area (Å²) in [5.74, 6) is -0.609. The average molecular weight is 347 g/mol. The maximum atomic E-state index is 13.1. The second-order valence-electron chi connectivity index (χ2n) is 4.90. The topological polar surface area (TPSA) is 55.2 Å². The van der Waals surface area contributed by atoms with Crippen molar-refractivity contribution in [3.8, 4) is 0 Å². The van der Waals surface area contributed by atoms with E-state index < -0.39 is 32.7 Å². The van der Waals surface area contributed by atoms with E-state index in [0.717, 1.165) is 24.4 Å². The zero-order valence-electron chi connectivity index (χ0n) is 12.2. The lowest BCUT2D eigenvalue weighted by molar-refractivity contribution is -0.141. The first-order valence-corrected chi connectivity index (χ1v) is 8.44. The van der Waals surface area contributed by atoms with E-state index in [2.05, 4.69) is 14.3 Å². The summed E-state index contributed by atoms with van der Waals surface area (Å²) in [6, 6.07) is 4.18. The minimum Gasteiger partial charge on any atom is -0.251 e. The van der Waals surface area contributed by atoms with Crippen LogP contribution in [-0.2, 0) is 15.9 Å². The van der Waals surface area contributed by atoms with Gasteiger partial charge < -0.3 is 0 Å². The van der Waals surface area contributed by atoms with Crippen LogP contribution in [0.15, 0.2) is 41.0 Å². The Morgan fingerprint density at radius 2 is 1.91 bits per heavy atom. The van der Waals surface area contributed by atoms with Gasteiger partial charge in [-0.3, -0.25) is 4.98 Å². The van der Waals surface area contributed by atoms with Crippen molar-refractivity contribution < 1.29 is 21.8 Å². The van der Waals surface area contributed by atoms with E-state index in [4.69, 9.17) is 0 Å². The molecular weight excluding hydrogens is 334 g/mol. The Labute approximate surface area is 130 Å². The van der Waals surface area contributed by atoms with Gasteiger partial charge in [-0.1, -0.05) is 6.07 Å². The van der Waals surface area contributed by atoms with Gasteiger partial charge in [0.15, 0.2) is 5.82 Å². The number of aromatic nitrogens is 2. The molecule has 9 heteroatoms. The Morgan fingerprint density at radius 3 is 2.43 bits per heavy atom. The maximum Gasteiger partial charge on any atom is 0.433 e. The van der Waals surface area contributed by atoms with Crippen LogP contribution in [0.4, 0.5) is 23.4 Å². The predicted octanol–water partition coefficient (Wildman–Crippen LogP) is 4.13. The fourth-order valence-electron chi connectivity index (χ4n) is 1.77. The van der Waals surface area contributed by atoms with Crippen molar-refractivity contribution in [2.24, 2.45) is 4.36 Å². The normalized spacial score (nSPS) is 15.7. The van der Waals surface area contributed by atoms with Gasteiger partial charge in [0.05, 0.1) is 15.0 Å². The van der Waals surface area contributed by atoms with Crippen LogP contribution >= 0.6 is 0 Å². The molecule has 0 aromatic carbocycles. The van der Waals surface area contributed by atoms with Crippen molar-refractivity contribution in [1.29, 1.82) is 0 Å². The van der Waals surface area contributed by atoms with Crippen LogP contribution in [0.3, 0.4) is 0 Å². The first-order valence-electron chi connectivity index (χ1n) is 6.45. The van der Waals surface area contributed by atoms with Crippen LogP contribution in [0.2, 0.25) is 0 Å². The van der Waals surface area contributed by atoms with E-state index in [0.29, 0.717) is 5.56 Å². The van der Waals surface area contributed by atoms with Gasteiger partial charge in [0.2, 0.25) is 0 Å². The fourth-order valence-corrected chi connectivity index (χ4v) is 3.05. The van der Waals surface area contributed by atoms with Gasteiger partial charge in [-0.25, -0.2) is 13.6 Å². The minimum atomic E-state index is -4.54. The molecule has 2 rings (SSSR count). The Balaban J connectivity index is 2.34. The number of alkyl halides is 3. The van der Waals surface area contributed by atoms with E-state index in [1.54, 1.807) is 6.92 Å². The highest BCUT2D eigenvalue weighted by Crippen LogP contribution is 2.30. The quantitative estimate of drug-likeness (QED) is 0.785. The zero-order valence-corrected chi connectivity index (χ0v) is 13.0. The third-order valence-corrected chi connectivity index (χ3v) is 5.32. The van der Waals surface area contributed by atoms with Crippen LogP contribution in [0.1, 0.15) is 23.4 Å². The van der Waals surface area contributed by atoms with Gasteiger partial charge in [0.1, 0.15) is 11.5 Å². The summed E-state index contributed by atoms with van der Waals surface area (Å²) in [5.41, 5.74) is -0.689. The monoisotopic (exact) mass is 347 g/mol. The van der Waals surface area contributed by atoms with Crippen molar-refractivity contribution in [2.75, 3.05) is 6.26 Å². The predicted molar refractivity (Wildman–Crippen MR) is 78.0 cm³/mol. The molecule has 0 radical (unpaired) electrons. The lowest BCUT2D eigenvalue weighted by Gasteiger charge is -2.14. The van der Waals surface area contributed by atoms with Gasteiger partial charge in [-0.2, -0.15) is 17.5 Å². The smallest absolute Gasteiger partial charge is 0.251 e. The molecule has 2 heterocycles. The summed E-state index contributed by atoms with van der Waals surface area (Å²) in [5, 5.41) is -0.706. The van der Waals surface area contributed by atoms with Crippen LogP contribution in [-0.4, -0.2) is 20.4 Å². The molecule has 0 saturated heterocycles. The lowest BCUT2D eigenvalue weighted by atomic mass is 10.2. The van der Waals surface area contributed by atoms with E-state index >= 15 is 0 Å². The molecule has 0 fully saturated rings. The van der Waals surface area contributed by atoms with Crippen molar-refractivity contribution >= 4 is 15.5 Å². The largest absolute Gasteiger partial charge is 0.433 e. The standard InChI is InChI=1S/C14H13F4N3OS/c1-9(10-3-4-12(20-8-10)14(16,17)18)23(2,22)21-13-7-11(15)5-6-19-13/h3-9H,1-2H3. The molecule has 0 aliphatic heterocycles. The van der Waals surface area contributed by atoms with Crippen molar-refractivity contribution in [3.63, 3.8) is 0 Å². The number of hydrogen-bond donors (Lipinski definition) is 0. The molecule has 0 spiro atoms. The molecule has 0 aliphatic carbocycles. The third-order valence-electron chi connectivity index (χ3n) is 3.18. The summed E-state index contributed by atoms with van der Waals surface area (Å²) < 4.78 is 67.2. The first kappa shape index (κ1) is 17.3. The summed E-state index contributed by atoms with van der Waals surface area (Å²) in [6.07, 6.45) is -0.994. The van der Waals surface area contributed by atoms with Crippen LogP contribution < -0.4 is 0 Å². The Kier molecular flexibility index (Phi) is 4.69. The summed E-state index contributed by atoms with van der Waals surface area (Å²) in [7, 11) is -2.91. The molecule has 2 unspecified atom stereocenters. The number of pyridine rings is 2. The molecule has 2 aromatic heterocycles. The highest BCUT2D eigenvalue weighted by molar-refractivity contribution is 7.93. The molecule has 0 saturated carbocycles. The van der Waals surface area contributed by atoms with E-state index in [9.17, 15) is 21.8 Å². The van der Waals surface area contributed by atoms with E-state index in [1.165, 1.54) is 18.5 Å². The first-order chi connectivity index (χ1) is 10.6. The minimum absolute atomic E-state index is 0.0378. The van der Waals surface area contributed by atoms with Gasteiger partial charge in [-0.05, 0) is 24.6 Å². The molecule has 0 amide bonds. The molecule has 23 heavy (non-hydrogen) atoms. The molecule has 0 aliphatic rings. The SMILES string of the molecule is CC(c1ccc(C(F)(F)F)nc1)S(C)(=O)=Nc1cc(F)ccn1. The lowest BCUT2D eigenvalue weighted by Crippen LogP contribution is -2.11. The number of hydrogen-bond acceptors (Lipinski definition) is 4. The molecular formula is C14H13F4N3OS. The summed E-state index contributed by atoms with van der Waals surface area (Å²) in [4.78, 5) is 7.13. The van der Waals surface area contributed by atoms with Gasteiger partial charge in [0.25, 0.3) is 0 Å². The summed E-state index contributed by atoms with van der Waals surface area (Å²) in [6.45, 7) is 1.55. The van der Waals surface area contributed by atoms with E-state index in [-0.39, 0.29) is 5.82 Å². The van der Waals surface area contributed by atoms with Gasteiger partial charge >= 0.3 is 6.18 Å². The zero-order chi connectivity index (χ0) is 17.3. The molecule has 124 valence electrons.